The minimum atomic E-state index is -0.254. The Morgan fingerprint density at radius 1 is 1.11 bits per heavy atom. The number of amides is 1. The van der Waals surface area contributed by atoms with Crippen molar-refractivity contribution in [2.45, 2.75) is 29.9 Å². The van der Waals surface area contributed by atoms with E-state index in [0.717, 1.165) is 23.3 Å². The first kappa shape index (κ1) is 18.1. The fraction of sp³-hybridized carbons (Fsp3) is 0.182. The van der Waals surface area contributed by atoms with Crippen molar-refractivity contribution < 1.29 is 4.79 Å². The molecule has 3 nitrogen and oxygen atoms in total. The maximum Gasteiger partial charge on any atom is 0.253 e. The molecule has 1 aliphatic rings. The average Bonchev–Trinajstić information content (AvgIpc) is 3.10. The first-order chi connectivity index (χ1) is 13.1. The van der Waals surface area contributed by atoms with Crippen LogP contribution in [-0.2, 0) is 17.6 Å². The van der Waals surface area contributed by atoms with E-state index in [1.165, 1.54) is 33.7 Å². The maximum absolute atomic E-state index is 12.3. The first-order valence-corrected chi connectivity index (χ1v) is 10.2. The molecular weight excluding hydrogens is 376 g/mol. The lowest BCUT2D eigenvalue weighted by Crippen LogP contribution is -2.26. The second-order valence-electron chi connectivity index (χ2n) is 6.60. The minimum Gasteiger partial charge on any atom is -0.272 e. The van der Waals surface area contributed by atoms with E-state index in [2.05, 4.69) is 40.9 Å². The zero-order valence-electron chi connectivity index (χ0n) is 14.9. The molecule has 5 heteroatoms. The van der Waals surface area contributed by atoms with Gasteiger partial charge in [0.2, 0.25) is 0 Å². The summed E-state index contributed by atoms with van der Waals surface area (Å²) in [7, 11) is 0. The van der Waals surface area contributed by atoms with E-state index in [9.17, 15) is 4.79 Å². The number of rotatable bonds is 5. The monoisotopic (exact) mass is 394 g/mol. The van der Waals surface area contributed by atoms with Gasteiger partial charge in [-0.1, -0.05) is 41.9 Å². The Morgan fingerprint density at radius 2 is 1.85 bits per heavy atom. The molecule has 3 aromatic rings. The van der Waals surface area contributed by atoms with Gasteiger partial charge in [-0.2, -0.15) is 5.10 Å². The Hall–Kier alpha value is -2.30. The summed E-state index contributed by atoms with van der Waals surface area (Å²) in [5, 5.41) is 7.17. The topological polar surface area (TPSA) is 41.5 Å². The number of aryl methyl sites for hydroxylation is 2. The molecule has 0 fully saturated rings. The number of halogens is 1. The second kappa shape index (κ2) is 7.75. The lowest BCUT2D eigenvalue weighted by Gasteiger charge is -2.09. The maximum atomic E-state index is 12.3. The molecule has 0 aromatic heterocycles. The van der Waals surface area contributed by atoms with Crippen molar-refractivity contribution in [3.63, 3.8) is 0 Å². The Bertz CT molecular complexity index is 1020. The van der Waals surface area contributed by atoms with Gasteiger partial charge in [-0.15, -0.1) is 11.8 Å². The van der Waals surface area contributed by atoms with Crippen LogP contribution in [0.25, 0.3) is 10.8 Å². The van der Waals surface area contributed by atoms with Crippen LogP contribution >= 0.6 is 23.4 Å². The number of hydrogen-bond acceptors (Lipinski definition) is 3. The highest BCUT2D eigenvalue weighted by molar-refractivity contribution is 8.00. The molecule has 1 atom stereocenters. The summed E-state index contributed by atoms with van der Waals surface area (Å²) < 4.78 is 0. The minimum absolute atomic E-state index is 0.128. The molecular formula is C22H19ClN2OS. The Balaban J connectivity index is 1.44. The van der Waals surface area contributed by atoms with Crippen LogP contribution in [0.2, 0.25) is 5.02 Å². The average molecular weight is 395 g/mol. The third-order valence-electron chi connectivity index (χ3n) is 4.78. The van der Waals surface area contributed by atoms with Gasteiger partial charge in [-0.05, 0) is 65.9 Å². The number of carbonyl (C=O) groups excluding carboxylic acids is 1. The van der Waals surface area contributed by atoms with E-state index in [-0.39, 0.29) is 11.2 Å². The SMILES string of the molecule is C[C@H](Sc1ccc(Cl)cc1)C(=O)N/N=C\c1ccc2c3c(cccc13)CC2. The zero-order valence-corrected chi connectivity index (χ0v) is 16.5. The van der Waals surface area contributed by atoms with Crippen LogP contribution in [0.3, 0.4) is 0 Å². The van der Waals surface area contributed by atoms with Gasteiger partial charge >= 0.3 is 0 Å². The van der Waals surface area contributed by atoms with Crippen LogP contribution in [0.5, 0.6) is 0 Å². The molecule has 1 amide bonds. The highest BCUT2D eigenvalue weighted by Crippen LogP contribution is 2.32. The standard InChI is InChI=1S/C22H19ClN2OS/c1-14(27-19-11-9-18(23)10-12-19)22(26)25-24-13-17-8-7-16-6-5-15-3-2-4-20(17)21(15)16/h2-4,7-14H,5-6H2,1H3,(H,25,26)/b24-13-/t14-/m0/s1. The molecule has 0 bridgehead atoms. The van der Waals surface area contributed by atoms with Crippen molar-refractivity contribution in [2.75, 3.05) is 0 Å². The summed E-state index contributed by atoms with van der Waals surface area (Å²) in [5.41, 5.74) is 6.48. The van der Waals surface area contributed by atoms with Gasteiger partial charge in [0.25, 0.3) is 5.91 Å². The van der Waals surface area contributed by atoms with Crippen molar-refractivity contribution >= 4 is 46.3 Å². The van der Waals surface area contributed by atoms with Gasteiger partial charge in [0, 0.05) is 15.5 Å². The third kappa shape index (κ3) is 3.87. The van der Waals surface area contributed by atoms with Crippen molar-refractivity contribution in [1.82, 2.24) is 5.43 Å². The van der Waals surface area contributed by atoms with Crippen LogP contribution in [0, 0.1) is 0 Å². The van der Waals surface area contributed by atoms with Crippen LogP contribution in [-0.4, -0.2) is 17.4 Å². The van der Waals surface area contributed by atoms with Crippen LogP contribution in [0.15, 0.2) is 64.6 Å². The van der Waals surface area contributed by atoms with Crippen molar-refractivity contribution in [2.24, 2.45) is 5.10 Å². The molecule has 0 saturated carbocycles. The fourth-order valence-corrected chi connectivity index (χ4v) is 4.40. The predicted octanol–water partition coefficient (Wildman–Crippen LogP) is 5.22. The van der Waals surface area contributed by atoms with Crippen molar-refractivity contribution in [3.8, 4) is 0 Å². The van der Waals surface area contributed by atoms with Gasteiger partial charge in [-0.25, -0.2) is 5.43 Å². The molecule has 27 heavy (non-hydrogen) atoms. The Kier molecular flexibility index (Phi) is 5.19. The summed E-state index contributed by atoms with van der Waals surface area (Å²) in [5.74, 6) is -0.128. The van der Waals surface area contributed by atoms with Crippen LogP contribution < -0.4 is 5.43 Å². The number of carbonyl (C=O) groups is 1. The van der Waals surface area contributed by atoms with Gasteiger partial charge in [0.05, 0.1) is 11.5 Å². The summed E-state index contributed by atoms with van der Waals surface area (Å²) >= 11 is 7.37. The van der Waals surface area contributed by atoms with Crippen LogP contribution in [0.4, 0.5) is 0 Å². The molecule has 3 aromatic carbocycles. The third-order valence-corrected chi connectivity index (χ3v) is 6.15. The molecule has 0 unspecified atom stereocenters. The number of hydrazone groups is 1. The lowest BCUT2D eigenvalue weighted by molar-refractivity contribution is -0.120. The normalized spacial score (nSPS) is 14.0. The van der Waals surface area contributed by atoms with E-state index < -0.39 is 0 Å². The molecule has 0 heterocycles. The van der Waals surface area contributed by atoms with Crippen molar-refractivity contribution in [3.05, 3.63) is 76.3 Å². The van der Waals surface area contributed by atoms with Crippen molar-refractivity contribution in [1.29, 1.82) is 0 Å². The Morgan fingerprint density at radius 3 is 2.63 bits per heavy atom. The quantitative estimate of drug-likeness (QED) is 0.366. The lowest BCUT2D eigenvalue weighted by atomic mass is 10.0. The van der Waals surface area contributed by atoms with Gasteiger partial charge in [-0.3, -0.25) is 4.79 Å². The summed E-state index contributed by atoms with van der Waals surface area (Å²) in [6.45, 7) is 1.86. The van der Waals surface area contributed by atoms with Gasteiger partial charge in [0.1, 0.15) is 0 Å². The number of hydrogen-bond donors (Lipinski definition) is 1. The number of benzene rings is 3. The fourth-order valence-electron chi connectivity index (χ4n) is 3.41. The van der Waals surface area contributed by atoms with E-state index >= 15 is 0 Å². The molecule has 136 valence electrons. The second-order valence-corrected chi connectivity index (χ2v) is 8.45. The zero-order chi connectivity index (χ0) is 18.8. The highest BCUT2D eigenvalue weighted by atomic mass is 35.5. The summed E-state index contributed by atoms with van der Waals surface area (Å²) in [6.07, 6.45) is 3.94. The van der Waals surface area contributed by atoms with Gasteiger partial charge in [0.15, 0.2) is 0 Å². The number of nitrogens with one attached hydrogen (secondary N) is 1. The number of nitrogens with zero attached hydrogens (tertiary/aromatic N) is 1. The summed E-state index contributed by atoms with van der Waals surface area (Å²) in [4.78, 5) is 13.3. The largest absolute Gasteiger partial charge is 0.272 e. The molecule has 1 aliphatic carbocycles. The molecule has 0 aliphatic heterocycles. The van der Waals surface area contributed by atoms with Gasteiger partial charge < -0.3 is 0 Å². The van der Waals surface area contributed by atoms with E-state index in [4.69, 9.17) is 11.6 Å². The molecule has 1 N–H and O–H groups in total. The molecule has 4 rings (SSSR count). The molecule has 0 radical (unpaired) electrons. The highest BCUT2D eigenvalue weighted by Gasteiger charge is 2.16. The summed E-state index contributed by atoms with van der Waals surface area (Å²) in [6, 6.07) is 18.1. The molecule has 0 spiro atoms. The predicted molar refractivity (Wildman–Crippen MR) is 114 cm³/mol. The number of thioether (sulfide) groups is 1. The first-order valence-electron chi connectivity index (χ1n) is 8.90. The smallest absolute Gasteiger partial charge is 0.253 e. The van der Waals surface area contributed by atoms with E-state index in [0.29, 0.717) is 5.02 Å². The van der Waals surface area contributed by atoms with E-state index in [1.807, 2.05) is 31.2 Å². The van der Waals surface area contributed by atoms with Crippen LogP contribution in [0.1, 0.15) is 23.6 Å². The molecule has 0 saturated heterocycles. The Labute approximate surface area is 167 Å². The van der Waals surface area contributed by atoms with E-state index in [1.54, 1.807) is 6.21 Å².